The summed E-state index contributed by atoms with van der Waals surface area (Å²) in [6.45, 7) is 0. The highest BCUT2D eigenvalue weighted by Crippen LogP contribution is 2.37. The fourth-order valence-electron chi connectivity index (χ4n) is 2.85. The van der Waals surface area contributed by atoms with Gasteiger partial charge in [-0.3, -0.25) is 9.78 Å². The van der Waals surface area contributed by atoms with Crippen LogP contribution in [0.25, 0.3) is 21.9 Å². The minimum Gasteiger partial charge on any atom is -0.496 e. The van der Waals surface area contributed by atoms with E-state index in [4.69, 9.17) is 9.15 Å². The average molecular weight is 444 g/mol. The molecule has 2 aromatic carbocycles. The standard InChI is InChI=1S/C19H13IN2O3/c1-24-15-4-5-16-17(13-10-11(20)2-3-14(13)25-16)18(15)19(23)22-12-6-8-21-9-7-12/h2-10H,1H3,(H,21,22,23). The van der Waals surface area contributed by atoms with Crippen molar-refractivity contribution in [1.82, 2.24) is 4.98 Å². The van der Waals surface area contributed by atoms with Crippen LogP contribution in [0.15, 0.2) is 59.3 Å². The number of hydrogen-bond donors (Lipinski definition) is 1. The normalized spacial score (nSPS) is 11.0. The number of ether oxygens (including phenoxy) is 1. The number of benzene rings is 2. The molecule has 0 fully saturated rings. The first-order valence-electron chi connectivity index (χ1n) is 7.57. The molecule has 0 bridgehead atoms. The van der Waals surface area contributed by atoms with Crippen molar-refractivity contribution in [1.29, 1.82) is 0 Å². The van der Waals surface area contributed by atoms with Gasteiger partial charge in [-0.2, -0.15) is 0 Å². The van der Waals surface area contributed by atoms with Gasteiger partial charge in [-0.15, -0.1) is 0 Å². The van der Waals surface area contributed by atoms with Crippen LogP contribution in [-0.4, -0.2) is 18.0 Å². The Morgan fingerprint density at radius 2 is 1.88 bits per heavy atom. The Balaban J connectivity index is 1.95. The molecule has 0 atom stereocenters. The summed E-state index contributed by atoms with van der Waals surface area (Å²) in [4.78, 5) is 16.9. The highest BCUT2D eigenvalue weighted by molar-refractivity contribution is 14.1. The van der Waals surface area contributed by atoms with Crippen molar-refractivity contribution < 1.29 is 13.9 Å². The van der Waals surface area contributed by atoms with E-state index < -0.39 is 0 Å². The lowest BCUT2D eigenvalue weighted by molar-refractivity contribution is 0.102. The highest BCUT2D eigenvalue weighted by Gasteiger charge is 2.21. The number of aromatic nitrogens is 1. The molecule has 4 aromatic rings. The molecule has 1 amide bonds. The van der Waals surface area contributed by atoms with E-state index in [1.807, 2.05) is 24.3 Å². The summed E-state index contributed by atoms with van der Waals surface area (Å²) in [7, 11) is 1.55. The molecule has 0 aliphatic heterocycles. The van der Waals surface area contributed by atoms with Crippen molar-refractivity contribution in [3.63, 3.8) is 0 Å². The van der Waals surface area contributed by atoms with E-state index in [1.54, 1.807) is 37.7 Å². The van der Waals surface area contributed by atoms with E-state index in [2.05, 4.69) is 32.9 Å². The SMILES string of the molecule is COc1ccc2oc3ccc(I)cc3c2c1C(=O)Nc1ccncc1. The van der Waals surface area contributed by atoms with E-state index in [9.17, 15) is 4.79 Å². The van der Waals surface area contributed by atoms with Gasteiger partial charge in [-0.25, -0.2) is 0 Å². The molecule has 5 nitrogen and oxygen atoms in total. The molecule has 25 heavy (non-hydrogen) atoms. The number of furan rings is 1. The van der Waals surface area contributed by atoms with Gasteiger partial charge in [-0.1, -0.05) is 0 Å². The number of carbonyl (C=O) groups excluding carboxylic acids is 1. The lowest BCUT2D eigenvalue weighted by atomic mass is 10.0. The van der Waals surface area contributed by atoms with E-state index in [0.717, 1.165) is 19.9 Å². The fourth-order valence-corrected chi connectivity index (χ4v) is 3.34. The third-order valence-corrected chi connectivity index (χ3v) is 4.62. The molecule has 0 radical (unpaired) electrons. The lowest BCUT2D eigenvalue weighted by Gasteiger charge is -2.10. The smallest absolute Gasteiger partial charge is 0.260 e. The number of rotatable bonds is 3. The number of anilines is 1. The minimum absolute atomic E-state index is 0.254. The zero-order chi connectivity index (χ0) is 17.4. The summed E-state index contributed by atoms with van der Waals surface area (Å²) in [5.41, 5.74) is 2.51. The molecule has 124 valence electrons. The summed E-state index contributed by atoms with van der Waals surface area (Å²) >= 11 is 2.24. The van der Waals surface area contributed by atoms with E-state index >= 15 is 0 Å². The summed E-state index contributed by atoms with van der Waals surface area (Å²) < 4.78 is 12.4. The number of pyridine rings is 1. The van der Waals surface area contributed by atoms with Crippen molar-refractivity contribution in [3.8, 4) is 5.75 Å². The van der Waals surface area contributed by atoms with Gasteiger partial charge < -0.3 is 14.5 Å². The summed E-state index contributed by atoms with van der Waals surface area (Å²) in [5.74, 6) is 0.246. The number of halogens is 1. The Morgan fingerprint density at radius 1 is 1.12 bits per heavy atom. The molecule has 0 aliphatic rings. The van der Waals surface area contributed by atoms with Crippen LogP contribution < -0.4 is 10.1 Å². The molecule has 0 spiro atoms. The molecule has 0 saturated heterocycles. The first-order chi connectivity index (χ1) is 12.2. The van der Waals surface area contributed by atoms with Crippen molar-refractivity contribution in [3.05, 3.63) is 64.0 Å². The number of fused-ring (bicyclic) bond motifs is 3. The molecular weight excluding hydrogens is 431 g/mol. The Kier molecular flexibility index (Phi) is 4.04. The second kappa shape index (κ2) is 6.36. The Morgan fingerprint density at radius 3 is 2.64 bits per heavy atom. The first kappa shape index (κ1) is 15.9. The van der Waals surface area contributed by atoms with Gasteiger partial charge in [0, 0.05) is 32.4 Å². The zero-order valence-corrected chi connectivity index (χ0v) is 15.4. The van der Waals surface area contributed by atoms with Crippen LogP contribution in [0.5, 0.6) is 5.75 Å². The van der Waals surface area contributed by atoms with E-state index in [1.165, 1.54) is 0 Å². The Bertz CT molecular complexity index is 1090. The molecule has 2 aromatic heterocycles. The summed E-state index contributed by atoms with van der Waals surface area (Å²) in [6, 6.07) is 12.9. The number of nitrogens with one attached hydrogen (secondary N) is 1. The predicted molar refractivity (Wildman–Crippen MR) is 105 cm³/mol. The molecule has 0 aliphatic carbocycles. The van der Waals surface area contributed by atoms with Crippen molar-refractivity contribution >= 4 is 56.1 Å². The number of amides is 1. The minimum atomic E-state index is -0.254. The predicted octanol–water partition coefficient (Wildman–Crippen LogP) is 4.85. The van der Waals surface area contributed by atoms with Gasteiger partial charge in [0.05, 0.1) is 12.7 Å². The van der Waals surface area contributed by atoms with Crippen LogP contribution in [0.1, 0.15) is 10.4 Å². The van der Waals surface area contributed by atoms with Crippen LogP contribution in [0, 0.1) is 3.57 Å². The van der Waals surface area contributed by atoms with Gasteiger partial charge >= 0.3 is 0 Å². The molecule has 4 rings (SSSR count). The molecule has 2 heterocycles. The topological polar surface area (TPSA) is 64.4 Å². The number of nitrogens with zero attached hydrogens (tertiary/aromatic N) is 1. The van der Waals surface area contributed by atoms with Crippen LogP contribution in [0.3, 0.4) is 0 Å². The van der Waals surface area contributed by atoms with Gasteiger partial charge in [0.15, 0.2) is 0 Å². The van der Waals surface area contributed by atoms with Gasteiger partial charge in [-0.05, 0) is 65.1 Å². The van der Waals surface area contributed by atoms with Crippen LogP contribution in [0.4, 0.5) is 5.69 Å². The molecule has 0 unspecified atom stereocenters. The van der Waals surface area contributed by atoms with Crippen LogP contribution in [0.2, 0.25) is 0 Å². The second-order valence-electron chi connectivity index (χ2n) is 5.45. The number of methoxy groups -OCH3 is 1. The second-order valence-corrected chi connectivity index (χ2v) is 6.69. The largest absolute Gasteiger partial charge is 0.496 e. The molecule has 6 heteroatoms. The number of hydrogen-bond acceptors (Lipinski definition) is 4. The lowest BCUT2D eigenvalue weighted by Crippen LogP contribution is -2.13. The van der Waals surface area contributed by atoms with Gasteiger partial charge in [0.25, 0.3) is 5.91 Å². The monoisotopic (exact) mass is 444 g/mol. The maximum atomic E-state index is 13.0. The highest BCUT2D eigenvalue weighted by atomic mass is 127. The number of carbonyl (C=O) groups is 1. The Labute approximate surface area is 157 Å². The summed E-state index contributed by atoms with van der Waals surface area (Å²) in [5, 5.41) is 4.53. The van der Waals surface area contributed by atoms with Gasteiger partial charge in [0.1, 0.15) is 16.9 Å². The third kappa shape index (κ3) is 2.82. The van der Waals surface area contributed by atoms with E-state index in [0.29, 0.717) is 22.6 Å². The Hall–Kier alpha value is -2.61. The maximum absolute atomic E-state index is 13.0. The molecular formula is C19H13IN2O3. The maximum Gasteiger partial charge on any atom is 0.260 e. The third-order valence-electron chi connectivity index (χ3n) is 3.94. The van der Waals surface area contributed by atoms with Crippen LogP contribution >= 0.6 is 22.6 Å². The fraction of sp³-hybridized carbons (Fsp3) is 0.0526. The van der Waals surface area contributed by atoms with Crippen LogP contribution in [-0.2, 0) is 0 Å². The van der Waals surface area contributed by atoms with Crippen molar-refractivity contribution in [2.75, 3.05) is 12.4 Å². The average Bonchev–Trinajstić information content (AvgIpc) is 2.99. The molecule has 0 saturated carbocycles. The van der Waals surface area contributed by atoms with E-state index in [-0.39, 0.29) is 5.91 Å². The van der Waals surface area contributed by atoms with Crippen molar-refractivity contribution in [2.45, 2.75) is 0 Å². The summed E-state index contributed by atoms with van der Waals surface area (Å²) in [6.07, 6.45) is 3.26. The zero-order valence-electron chi connectivity index (χ0n) is 13.2. The molecule has 1 N–H and O–H groups in total. The first-order valence-corrected chi connectivity index (χ1v) is 8.65. The van der Waals surface area contributed by atoms with Gasteiger partial charge in [0.2, 0.25) is 0 Å². The quantitative estimate of drug-likeness (QED) is 0.459. The van der Waals surface area contributed by atoms with Crippen molar-refractivity contribution in [2.24, 2.45) is 0 Å².